The van der Waals surface area contributed by atoms with E-state index in [4.69, 9.17) is 16.6 Å². The lowest BCUT2D eigenvalue weighted by Gasteiger charge is -2.32. The summed E-state index contributed by atoms with van der Waals surface area (Å²) in [5, 5.41) is 4.16. The van der Waals surface area contributed by atoms with Gasteiger partial charge in [0.1, 0.15) is 5.82 Å². The molecule has 6 nitrogen and oxygen atoms in total. The van der Waals surface area contributed by atoms with Gasteiger partial charge >= 0.3 is 6.03 Å². The van der Waals surface area contributed by atoms with E-state index in [1.54, 1.807) is 22.8 Å². The summed E-state index contributed by atoms with van der Waals surface area (Å²) in [6, 6.07) is 21.3. The molecule has 0 spiro atoms. The highest BCUT2D eigenvalue weighted by molar-refractivity contribution is 9.10. The molecule has 4 aromatic rings. The van der Waals surface area contributed by atoms with Gasteiger partial charge in [0.05, 0.1) is 28.3 Å². The average Bonchev–Trinajstić information content (AvgIpc) is 2.92. The lowest BCUT2D eigenvalue weighted by Crippen LogP contribution is -2.41. The van der Waals surface area contributed by atoms with Crippen LogP contribution in [0.4, 0.5) is 10.5 Å². The maximum Gasteiger partial charge on any atom is 0.322 e. The molecule has 0 aliphatic rings. The molecule has 0 radical (unpaired) electrons. The maximum atomic E-state index is 13.8. The van der Waals surface area contributed by atoms with Gasteiger partial charge < -0.3 is 10.2 Å². The molecule has 0 aliphatic heterocycles. The number of carbonyl (C=O) groups excluding carboxylic acids is 1. The third kappa shape index (κ3) is 6.27. The third-order valence-electron chi connectivity index (χ3n) is 6.58. The zero-order valence-corrected chi connectivity index (χ0v) is 24.0. The number of unbranched alkanes of at least 4 members (excludes halogenated alkanes) is 3. The molecule has 0 saturated heterocycles. The normalized spacial score (nSPS) is 11.9. The second-order valence-corrected chi connectivity index (χ2v) is 10.5. The van der Waals surface area contributed by atoms with Gasteiger partial charge in [-0.1, -0.05) is 69.0 Å². The summed E-state index contributed by atoms with van der Waals surface area (Å²) in [5.41, 5.74) is 1.77. The molecule has 8 heteroatoms. The molecule has 0 aliphatic carbocycles. The van der Waals surface area contributed by atoms with Crippen LogP contribution in [0.3, 0.4) is 0 Å². The van der Waals surface area contributed by atoms with Crippen molar-refractivity contribution in [1.82, 2.24) is 14.5 Å². The third-order valence-corrected chi connectivity index (χ3v) is 7.52. The van der Waals surface area contributed by atoms with Crippen LogP contribution in [0.25, 0.3) is 16.6 Å². The van der Waals surface area contributed by atoms with Crippen LogP contribution in [0.15, 0.2) is 82.1 Å². The van der Waals surface area contributed by atoms with Crippen LogP contribution in [0, 0.1) is 0 Å². The molecule has 1 unspecified atom stereocenters. The number of nitrogens with zero attached hydrogens (tertiary/aromatic N) is 3. The number of aromatic nitrogens is 2. The van der Waals surface area contributed by atoms with Crippen LogP contribution < -0.4 is 10.9 Å². The van der Waals surface area contributed by atoms with Crippen LogP contribution in [0.2, 0.25) is 5.02 Å². The monoisotopic (exact) mass is 594 g/mol. The lowest BCUT2D eigenvalue weighted by molar-refractivity contribution is 0.179. The molecule has 3 aromatic carbocycles. The zero-order valence-electron chi connectivity index (χ0n) is 21.7. The minimum Gasteiger partial charge on any atom is -0.314 e. The molecule has 0 bridgehead atoms. The van der Waals surface area contributed by atoms with Crippen LogP contribution in [-0.2, 0) is 0 Å². The Kier molecular flexibility index (Phi) is 9.58. The summed E-state index contributed by atoms with van der Waals surface area (Å²) < 4.78 is 2.42. The Hall–Kier alpha value is -3.16. The second kappa shape index (κ2) is 13.1. The molecule has 1 atom stereocenters. The summed E-state index contributed by atoms with van der Waals surface area (Å²) >= 11 is 9.69. The van der Waals surface area contributed by atoms with Crippen molar-refractivity contribution >= 4 is 50.2 Å². The number of fused-ring (bicyclic) bond motifs is 1. The van der Waals surface area contributed by atoms with E-state index in [2.05, 4.69) is 28.2 Å². The van der Waals surface area contributed by atoms with Crippen LogP contribution in [-0.4, -0.2) is 27.0 Å². The number of nitrogens with one attached hydrogen (secondary N) is 1. The Balaban J connectivity index is 1.84. The van der Waals surface area contributed by atoms with E-state index >= 15 is 0 Å². The molecule has 1 heterocycles. The van der Waals surface area contributed by atoms with E-state index in [0.717, 1.165) is 30.2 Å². The Bertz CT molecular complexity index is 1460. The standard InChI is InChI=1S/C30H32BrClN4O2/c1-3-5-6-11-20-35(30(38)34-26-15-10-8-13-24(26)31)27(4-2)28-33-25-14-9-7-12-23(25)29(37)36(28)22-18-16-21(32)17-19-22/h7-10,12-19,27H,3-6,11,20H2,1-2H3,(H,34,38). The van der Waals surface area contributed by atoms with Gasteiger partial charge in [0.2, 0.25) is 0 Å². The number of halogens is 2. The number of anilines is 1. The first-order chi connectivity index (χ1) is 18.4. The first-order valence-corrected chi connectivity index (χ1v) is 14.2. The smallest absolute Gasteiger partial charge is 0.314 e. The zero-order chi connectivity index (χ0) is 27.1. The van der Waals surface area contributed by atoms with E-state index in [1.165, 1.54) is 0 Å². The van der Waals surface area contributed by atoms with E-state index in [0.29, 0.717) is 46.1 Å². The number of amides is 2. The van der Waals surface area contributed by atoms with Crippen molar-refractivity contribution in [2.24, 2.45) is 0 Å². The van der Waals surface area contributed by atoms with E-state index in [9.17, 15) is 9.59 Å². The Morgan fingerprint density at radius 1 is 1.00 bits per heavy atom. The largest absolute Gasteiger partial charge is 0.322 e. The van der Waals surface area contributed by atoms with Gasteiger partial charge in [-0.2, -0.15) is 0 Å². The van der Waals surface area contributed by atoms with Gasteiger partial charge in [0.25, 0.3) is 5.56 Å². The number of hydrogen-bond acceptors (Lipinski definition) is 3. The summed E-state index contributed by atoms with van der Waals surface area (Å²) in [7, 11) is 0. The predicted molar refractivity (Wildman–Crippen MR) is 159 cm³/mol. The summed E-state index contributed by atoms with van der Waals surface area (Å²) in [6.45, 7) is 4.72. The number of para-hydroxylation sites is 2. The molecule has 0 fully saturated rings. The first-order valence-electron chi connectivity index (χ1n) is 13.0. The van der Waals surface area contributed by atoms with Crippen LogP contribution in [0.1, 0.15) is 57.8 Å². The highest BCUT2D eigenvalue weighted by Gasteiger charge is 2.29. The molecule has 198 valence electrons. The van der Waals surface area contributed by atoms with Crippen molar-refractivity contribution < 1.29 is 4.79 Å². The Morgan fingerprint density at radius 3 is 2.42 bits per heavy atom. The Morgan fingerprint density at radius 2 is 1.71 bits per heavy atom. The van der Waals surface area contributed by atoms with E-state index < -0.39 is 6.04 Å². The predicted octanol–water partition coefficient (Wildman–Crippen LogP) is 8.37. The Labute approximate surface area is 236 Å². The molecular formula is C30H32BrClN4O2. The van der Waals surface area contributed by atoms with Gasteiger partial charge in [-0.05, 0) is 77.3 Å². The SMILES string of the molecule is CCCCCCN(C(=O)Nc1ccccc1Br)C(CC)c1nc2ccccc2c(=O)n1-c1ccc(Cl)cc1. The highest BCUT2D eigenvalue weighted by Crippen LogP contribution is 2.29. The minimum absolute atomic E-state index is 0.177. The molecule has 0 saturated carbocycles. The van der Waals surface area contributed by atoms with Gasteiger partial charge in [-0.15, -0.1) is 0 Å². The molecule has 4 rings (SSSR count). The quantitative estimate of drug-likeness (QED) is 0.187. The number of urea groups is 1. The lowest BCUT2D eigenvalue weighted by atomic mass is 10.1. The van der Waals surface area contributed by atoms with E-state index in [-0.39, 0.29) is 11.6 Å². The van der Waals surface area contributed by atoms with Crippen molar-refractivity contribution in [2.45, 2.75) is 52.0 Å². The fourth-order valence-corrected chi connectivity index (χ4v) is 5.12. The van der Waals surface area contributed by atoms with Crippen molar-refractivity contribution in [3.8, 4) is 5.69 Å². The molecular weight excluding hydrogens is 564 g/mol. The molecule has 1 aromatic heterocycles. The van der Waals surface area contributed by atoms with E-state index in [1.807, 2.05) is 66.4 Å². The molecule has 1 N–H and O–H groups in total. The van der Waals surface area contributed by atoms with Gasteiger partial charge in [-0.3, -0.25) is 9.36 Å². The first kappa shape index (κ1) is 27.9. The fraction of sp³-hybridized carbons (Fsp3) is 0.300. The topological polar surface area (TPSA) is 67.2 Å². The maximum absolute atomic E-state index is 13.8. The van der Waals surface area contributed by atoms with Gasteiger partial charge in [-0.25, -0.2) is 9.78 Å². The molecule has 2 amide bonds. The number of rotatable bonds is 10. The number of carbonyl (C=O) groups is 1. The number of hydrogen-bond donors (Lipinski definition) is 1. The highest BCUT2D eigenvalue weighted by atomic mass is 79.9. The van der Waals surface area contributed by atoms with Crippen molar-refractivity contribution in [3.05, 3.63) is 98.5 Å². The average molecular weight is 596 g/mol. The summed E-state index contributed by atoms with van der Waals surface area (Å²) in [4.78, 5) is 34.4. The number of benzene rings is 3. The summed E-state index contributed by atoms with van der Waals surface area (Å²) in [6.07, 6.45) is 4.64. The van der Waals surface area contributed by atoms with Crippen LogP contribution >= 0.6 is 27.5 Å². The minimum atomic E-state index is -0.438. The van der Waals surface area contributed by atoms with Crippen LogP contribution in [0.5, 0.6) is 0 Å². The molecule has 38 heavy (non-hydrogen) atoms. The van der Waals surface area contributed by atoms with Crippen molar-refractivity contribution in [2.75, 3.05) is 11.9 Å². The fourth-order valence-electron chi connectivity index (χ4n) is 4.61. The van der Waals surface area contributed by atoms with Crippen molar-refractivity contribution in [3.63, 3.8) is 0 Å². The second-order valence-electron chi connectivity index (χ2n) is 9.19. The van der Waals surface area contributed by atoms with Gasteiger partial charge in [0.15, 0.2) is 0 Å². The van der Waals surface area contributed by atoms with Crippen molar-refractivity contribution in [1.29, 1.82) is 0 Å². The summed E-state index contributed by atoms with van der Waals surface area (Å²) in [5.74, 6) is 0.524. The van der Waals surface area contributed by atoms with Gasteiger partial charge in [0, 0.05) is 16.0 Å².